The third-order valence-electron chi connectivity index (χ3n) is 4.41. The Bertz CT molecular complexity index is 815. The Morgan fingerprint density at radius 1 is 1.07 bits per heavy atom. The van der Waals surface area contributed by atoms with Crippen LogP contribution in [0.15, 0.2) is 30.3 Å². The number of carbonyl (C=O) groups is 1. The van der Waals surface area contributed by atoms with Gasteiger partial charge in [-0.1, -0.05) is 18.9 Å². The van der Waals surface area contributed by atoms with Crippen LogP contribution in [0.1, 0.15) is 47.4 Å². The van der Waals surface area contributed by atoms with E-state index in [0.29, 0.717) is 11.6 Å². The minimum atomic E-state index is -4.47. The number of hydrogen-bond acceptors (Lipinski definition) is 4. The molecular weight excluding hydrogens is 357 g/mol. The lowest BCUT2D eigenvalue weighted by Gasteiger charge is -2.21. The van der Waals surface area contributed by atoms with Crippen LogP contribution in [0.3, 0.4) is 0 Å². The summed E-state index contributed by atoms with van der Waals surface area (Å²) in [6, 6.07) is 6.07. The first-order chi connectivity index (χ1) is 12.8. The predicted molar refractivity (Wildman–Crippen MR) is 96.8 cm³/mol. The summed E-state index contributed by atoms with van der Waals surface area (Å²) in [6.07, 6.45) is -0.0608. The van der Waals surface area contributed by atoms with E-state index in [1.165, 1.54) is 18.2 Å². The smallest absolute Gasteiger partial charge is 0.341 e. The average molecular weight is 378 g/mol. The zero-order chi connectivity index (χ0) is 19.4. The van der Waals surface area contributed by atoms with E-state index in [9.17, 15) is 18.0 Å². The molecule has 0 bridgehead atoms. The van der Waals surface area contributed by atoms with E-state index in [4.69, 9.17) is 0 Å². The van der Waals surface area contributed by atoms with E-state index in [2.05, 4.69) is 20.2 Å². The van der Waals surface area contributed by atoms with Crippen LogP contribution in [0.4, 0.5) is 24.8 Å². The zero-order valence-electron chi connectivity index (χ0n) is 15.0. The number of benzene rings is 1. The van der Waals surface area contributed by atoms with Crippen LogP contribution in [0.25, 0.3) is 0 Å². The van der Waals surface area contributed by atoms with Crippen molar-refractivity contribution in [3.05, 3.63) is 47.3 Å². The molecule has 1 aromatic carbocycles. The zero-order valence-corrected chi connectivity index (χ0v) is 15.0. The molecule has 3 rings (SSSR count). The topological polar surface area (TPSA) is 58.1 Å². The van der Waals surface area contributed by atoms with Crippen LogP contribution < -0.4 is 10.2 Å². The third-order valence-corrected chi connectivity index (χ3v) is 4.41. The van der Waals surface area contributed by atoms with E-state index in [0.717, 1.165) is 50.9 Å². The Morgan fingerprint density at radius 3 is 2.44 bits per heavy atom. The summed E-state index contributed by atoms with van der Waals surface area (Å²) < 4.78 is 38.5. The van der Waals surface area contributed by atoms with Crippen molar-refractivity contribution >= 4 is 17.5 Å². The van der Waals surface area contributed by atoms with Crippen LogP contribution in [-0.4, -0.2) is 29.0 Å². The van der Waals surface area contributed by atoms with Gasteiger partial charge in [0.05, 0.1) is 5.56 Å². The van der Waals surface area contributed by atoms with Gasteiger partial charge in [-0.25, -0.2) is 9.97 Å². The van der Waals surface area contributed by atoms with E-state index < -0.39 is 17.6 Å². The molecule has 5 nitrogen and oxygen atoms in total. The fraction of sp³-hybridized carbons (Fsp3) is 0.421. The molecule has 0 unspecified atom stereocenters. The Hall–Kier alpha value is -2.64. The lowest BCUT2D eigenvalue weighted by atomic mass is 10.2. The molecule has 0 saturated carbocycles. The normalized spacial score (nSPS) is 15.3. The summed E-state index contributed by atoms with van der Waals surface area (Å²) in [4.78, 5) is 23.4. The standard InChI is InChI=1S/C19H21F3N4O/c1-13-11-16(25-18(23-13)26-9-4-2-3-5-10-26)17(27)24-15-8-6-7-14(12-15)19(20,21)22/h6-8,11-12H,2-5,9-10H2,1H3,(H,24,27). The largest absolute Gasteiger partial charge is 0.416 e. The molecule has 1 amide bonds. The van der Waals surface area contributed by atoms with Gasteiger partial charge in [-0.15, -0.1) is 0 Å². The summed E-state index contributed by atoms with van der Waals surface area (Å²) in [5.74, 6) is -0.0676. The molecule has 144 valence electrons. The maximum Gasteiger partial charge on any atom is 0.416 e. The van der Waals surface area contributed by atoms with Gasteiger partial charge in [-0.2, -0.15) is 13.2 Å². The first-order valence-electron chi connectivity index (χ1n) is 8.92. The van der Waals surface area contributed by atoms with Crippen molar-refractivity contribution in [3.63, 3.8) is 0 Å². The fourth-order valence-electron chi connectivity index (χ4n) is 3.05. The number of hydrogen-bond donors (Lipinski definition) is 1. The Morgan fingerprint density at radius 2 is 1.78 bits per heavy atom. The minimum Gasteiger partial charge on any atom is -0.341 e. The summed E-state index contributed by atoms with van der Waals surface area (Å²) in [5, 5.41) is 2.49. The minimum absolute atomic E-state index is 0.0717. The SMILES string of the molecule is Cc1cc(C(=O)Nc2cccc(C(F)(F)F)c2)nc(N2CCCCCC2)n1. The quantitative estimate of drug-likeness (QED) is 0.858. The van der Waals surface area contributed by atoms with Gasteiger partial charge in [0.2, 0.25) is 5.95 Å². The number of aromatic nitrogens is 2. The summed E-state index contributed by atoms with van der Waals surface area (Å²) >= 11 is 0. The highest BCUT2D eigenvalue weighted by Crippen LogP contribution is 2.30. The third kappa shape index (κ3) is 4.96. The highest BCUT2D eigenvalue weighted by molar-refractivity contribution is 6.03. The second-order valence-electron chi connectivity index (χ2n) is 6.63. The van der Waals surface area contributed by atoms with Gasteiger partial charge >= 0.3 is 6.18 Å². The maximum absolute atomic E-state index is 12.8. The summed E-state index contributed by atoms with van der Waals surface area (Å²) in [7, 11) is 0. The van der Waals surface area contributed by atoms with Gasteiger partial charge in [0.25, 0.3) is 5.91 Å². The van der Waals surface area contributed by atoms with Crippen molar-refractivity contribution in [1.82, 2.24) is 9.97 Å². The van der Waals surface area contributed by atoms with Crippen molar-refractivity contribution < 1.29 is 18.0 Å². The molecule has 0 atom stereocenters. The highest BCUT2D eigenvalue weighted by atomic mass is 19.4. The van der Waals surface area contributed by atoms with Gasteiger partial charge in [-0.05, 0) is 44.0 Å². The van der Waals surface area contributed by atoms with Gasteiger partial charge in [0.1, 0.15) is 5.69 Å². The second-order valence-corrected chi connectivity index (χ2v) is 6.63. The lowest BCUT2D eigenvalue weighted by molar-refractivity contribution is -0.137. The van der Waals surface area contributed by atoms with Gasteiger partial charge in [-0.3, -0.25) is 4.79 Å². The highest BCUT2D eigenvalue weighted by Gasteiger charge is 2.30. The molecule has 0 spiro atoms. The van der Waals surface area contributed by atoms with Crippen molar-refractivity contribution in [2.45, 2.75) is 38.8 Å². The molecule has 1 saturated heterocycles. The van der Waals surface area contributed by atoms with Gasteiger partial charge in [0.15, 0.2) is 0 Å². The number of halogens is 3. The second kappa shape index (κ2) is 7.94. The lowest BCUT2D eigenvalue weighted by Crippen LogP contribution is -2.27. The van der Waals surface area contributed by atoms with Crippen LogP contribution in [0.5, 0.6) is 0 Å². The van der Waals surface area contributed by atoms with Crippen molar-refractivity contribution in [1.29, 1.82) is 0 Å². The molecule has 0 aliphatic carbocycles. The number of aryl methyl sites for hydroxylation is 1. The van der Waals surface area contributed by atoms with Crippen LogP contribution in [0.2, 0.25) is 0 Å². The first-order valence-corrected chi connectivity index (χ1v) is 8.92. The van der Waals surface area contributed by atoms with Gasteiger partial charge < -0.3 is 10.2 Å². The average Bonchev–Trinajstić information content (AvgIpc) is 2.90. The number of amides is 1. The predicted octanol–water partition coefficient (Wildman–Crippen LogP) is 4.44. The molecule has 8 heteroatoms. The van der Waals surface area contributed by atoms with Gasteiger partial charge in [0, 0.05) is 24.5 Å². The van der Waals surface area contributed by atoms with Crippen LogP contribution >= 0.6 is 0 Å². The van der Waals surface area contributed by atoms with Crippen molar-refractivity contribution in [2.24, 2.45) is 0 Å². The van der Waals surface area contributed by atoms with Crippen molar-refractivity contribution in [2.75, 3.05) is 23.3 Å². The Balaban J connectivity index is 1.80. The number of nitrogens with one attached hydrogen (secondary N) is 1. The first kappa shape index (κ1) is 19.1. The van der Waals surface area contributed by atoms with E-state index >= 15 is 0 Å². The molecule has 1 N–H and O–H groups in total. The van der Waals surface area contributed by atoms with E-state index in [1.807, 2.05) is 0 Å². The monoisotopic (exact) mass is 378 g/mol. The number of alkyl halides is 3. The molecule has 27 heavy (non-hydrogen) atoms. The molecular formula is C19H21F3N4O. The molecule has 1 aliphatic rings. The number of anilines is 2. The van der Waals surface area contributed by atoms with E-state index in [1.54, 1.807) is 6.92 Å². The molecule has 0 radical (unpaired) electrons. The molecule has 1 aliphatic heterocycles. The van der Waals surface area contributed by atoms with Crippen LogP contribution in [0, 0.1) is 6.92 Å². The van der Waals surface area contributed by atoms with Crippen LogP contribution in [-0.2, 0) is 6.18 Å². The maximum atomic E-state index is 12.8. The summed E-state index contributed by atoms with van der Waals surface area (Å²) in [5.41, 5.74) is 0.0319. The number of rotatable bonds is 3. The molecule has 1 fully saturated rings. The Kier molecular flexibility index (Phi) is 5.62. The van der Waals surface area contributed by atoms with E-state index in [-0.39, 0.29) is 11.4 Å². The molecule has 2 aromatic rings. The van der Waals surface area contributed by atoms with Crippen molar-refractivity contribution in [3.8, 4) is 0 Å². The Labute approximate surface area is 155 Å². The molecule has 2 heterocycles. The molecule has 1 aromatic heterocycles. The summed E-state index contributed by atoms with van der Waals surface area (Å²) in [6.45, 7) is 3.43. The number of nitrogens with zero attached hydrogens (tertiary/aromatic N) is 3. The number of carbonyl (C=O) groups excluding carboxylic acids is 1. The fourth-order valence-corrected chi connectivity index (χ4v) is 3.05.